The van der Waals surface area contributed by atoms with Crippen LogP contribution in [0.5, 0.6) is 0 Å². The van der Waals surface area contributed by atoms with E-state index in [4.69, 9.17) is 0 Å². The molecule has 6 heteroatoms. The van der Waals surface area contributed by atoms with Gasteiger partial charge in [0, 0.05) is 18.2 Å². The van der Waals surface area contributed by atoms with E-state index in [1.165, 1.54) is 4.70 Å². The van der Waals surface area contributed by atoms with Crippen LogP contribution in [0.2, 0.25) is 0 Å². The highest BCUT2D eigenvalue weighted by molar-refractivity contribution is 8.01. The second-order valence-corrected chi connectivity index (χ2v) is 7.99. The van der Waals surface area contributed by atoms with Gasteiger partial charge in [0.05, 0.1) is 16.3 Å². The highest BCUT2D eigenvalue weighted by Crippen LogP contribution is 2.29. The number of thiazole rings is 1. The molecule has 1 saturated carbocycles. The molecule has 2 aromatic rings. The molecule has 0 bridgehead atoms. The number of benzene rings is 1. The van der Waals surface area contributed by atoms with E-state index in [9.17, 15) is 9.90 Å². The van der Waals surface area contributed by atoms with Crippen LogP contribution in [0, 0.1) is 0 Å². The van der Waals surface area contributed by atoms with Gasteiger partial charge in [0.25, 0.3) is 0 Å². The van der Waals surface area contributed by atoms with Crippen molar-refractivity contribution in [2.75, 3.05) is 5.75 Å². The van der Waals surface area contributed by atoms with Crippen molar-refractivity contribution >= 4 is 39.2 Å². The van der Waals surface area contributed by atoms with E-state index in [-0.39, 0.29) is 18.1 Å². The van der Waals surface area contributed by atoms with Crippen molar-refractivity contribution < 1.29 is 9.90 Å². The molecule has 3 rings (SSSR count). The van der Waals surface area contributed by atoms with Crippen LogP contribution in [0.3, 0.4) is 0 Å². The molecule has 1 aromatic heterocycles. The van der Waals surface area contributed by atoms with Gasteiger partial charge in [0.2, 0.25) is 5.91 Å². The van der Waals surface area contributed by atoms with Gasteiger partial charge in [-0.15, -0.1) is 11.3 Å². The molecular formula is C16H20N2O2S2. The normalized spacial score (nSPS) is 21.9. The summed E-state index contributed by atoms with van der Waals surface area (Å²) in [7, 11) is 0. The summed E-state index contributed by atoms with van der Waals surface area (Å²) in [6.07, 6.45) is 3.70. The third-order valence-electron chi connectivity index (χ3n) is 3.89. The Balaban J connectivity index is 1.41. The Hall–Kier alpha value is -1.11. The summed E-state index contributed by atoms with van der Waals surface area (Å²) in [4.78, 5) is 16.5. The van der Waals surface area contributed by atoms with E-state index < -0.39 is 0 Å². The van der Waals surface area contributed by atoms with Crippen molar-refractivity contribution in [2.45, 2.75) is 48.6 Å². The summed E-state index contributed by atoms with van der Waals surface area (Å²) in [5.74, 6) is 0.857. The molecule has 4 nitrogen and oxygen atoms in total. The SMILES string of the molecule is O=C(CCSc1nc2ccccc2s1)NC1CCC(O)CC1. The monoisotopic (exact) mass is 336 g/mol. The number of hydrogen-bond acceptors (Lipinski definition) is 5. The van der Waals surface area contributed by atoms with Gasteiger partial charge < -0.3 is 10.4 Å². The number of nitrogens with zero attached hydrogens (tertiary/aromatic N) is 1. The molecule has 1 aliphatic carbocycles. The summed E-state index contributed by atoms with van der Waals surface area (Å²) >= 11 is 3.32. The maximum atomic E-state index is 12.0. The van der Waals surface area contributed by atoms with E-state index >= 15 is 0 Å². The first kappa shape index (κ1) is 15.8. The molecule has 0 saturated heterocycles. The summed E-state index contributed by atoms with van der Waals surface area (Å²) in [6, 6.07) is 8.33. The lowest BCUT2D eigenvalue weighted by Crippen LogP contribution is -2.38. The minimum atomic E-state index is -0.178. The van der Waals surface area contributed by atoms with Gasteiger partial charge in [-0.2, -0.15) is 0 Å². The Morgan fingerprint density at radius 1 is 1.32 bits per heavy atom. The zero-order valence-corrected chi connectivity index (χ0v) is 14.0. The zero-order chi connectivity index (χ0) is 15.4. The van der Waals surface area contributed by atoms with E-state index in [1.54, 1.807) is 23.1 Å². The Morgan fingerprint density at radius 2 is 2.09 bits per heavy atom. The van der Waals surface area contributed by atoms with Crippen LogP contribution in [0.4, 0.5) is 0 Å². The van der Waals surface area contributed by atoms with Crippen LogP contribution in [0.25, 0.3) is 10.2 Å². The number of fused-ring (bicyclic) bond motifs is 1. The number of aromatic nitrogens is 1. The highest BCUT2D eigenvalue weighted by Gasteiger charge is 2.20. The second-order valence-electron chi connectivity index (χ2n) is 5.62. The van der Waals surface area contributed by atoms with Crippen molar-refractivity contribution in [3.63, 3.8) is 0 Å². The van der Waals surface area contributed by atoms with Gasteiger partial charge in [-0.1, -0.05) is 23.9 Å². The first-order chi connectivity index (χ1) is 10.7. The number of carbonyl (C=O) groups excluding carboxylic acids is 1. The van der Waals surface area contributed by atoms with Gasteiger partial charge in [0.1, 0.15) is 0 Å². The Bertz CT molecular complexity index is 603. The van der Waals surface area contributed by atoms with Crippen molar-refractivity contribution in [1.82, 2.24) is 10.3 Å². The smallest absolute Gasteiger partial charge is 0.221 e. The number of aliphatic hydroxyl groups is 1. The maximum absolute atomic E-state index is 12.0. The zero-order valence-electron chi connectivity index (χ0n) is 12.3. The first-order valence-electron chi connectivity index (χ1n) is 7.66. The van der Waals surface area contributed by atoms with Crippen molar-refractivity contribution in [3.8, 4) is 0 Å². The number of thioether (sulfide) groups is 1. The Morgan fingerprint density at radius 3 is 2.86 bits per heavy atom. The molecule has 1 fully saturated rings. The van der Waals surface area contributed by atoms with Gasteiger partial charge in [-0.25, -0.2) is 4.98 Å². The molecule has 1 amide bonds. The van der Waals surface area contributed by atoms with Crippen LogP contribution in [-0.4, -0.2) is 33.9 Å². The largest absolute Gasteiger partial charge is 0.393 e. The van der Waals surface area contributed by atoms with Crippen molar-refractivity contribution in [1.29, 1.82) is 0 Å². The van der Waals surface area contributed by atoms with Crippen molar-refractivity contribution in [2.24, 2.45) is 0 Å². The Kier molecular flexibility index (Phi) is 5.33. The number of carbonyl (C=O) groups is 1. The van der Waals surface area contributed by atoms with E-state index in [0.29, 0.717) is 6.42 Å². The number of amides is 1. The molecule has 118 valence electrons. The summed E-state index contributed by atoms with van der Waals surface area (Å²) in [5.41, 5.74) is 1.03. The van der Waals surface area contributed by atoms with E-state index in [0.717, 1.165) is 41.3 Å². The topological polar surface area (TPSA) is 62.2 Å². The van der Waals surface area contributed by atoms with E-state index in [1.807, 2.05) is 18.2 Å². The molecule has 0 unspecified atom stereocenters. The number of aliphatic hydroxyl groups excluding tert-OH is 1. The van der Waals surface area contributed by atoms with Gasteiger partial charge in [-0.05, 0) is 37.8 Å². The molecule has 0 aliphatic heterocycles. The number of para-hydroxylation sites is 1. The molecule has 0 spiro atoms. The molecule has 22 heavy (non-hydrogen) atoms. The lowest BCUT2D eigenvalue weighted by atomic mass is 9.93. The average molecular weight is 336 g/mol. The fourth-order valence-electron chi connectivity index (χ4n) is 2.66. The average Bonchev–Trinajstić information content (AvgIpc) is 2.92. The number of rotatable bonds is 5. The first-order valence-corrected chi connectivity index (χ1v) is 9.47. The maximum Gasteiger partial charge on any atom is 0.221 e. The fourth-order valence-corrected chi connectivity index (χ4v) is 4.74. The Labute approximate surface area is 138 Å². The van der Waals surface area contributed by atoms with Gasteiger partial charge in [-0.3, -0.25) is 4.79 Å². The van der Waals surface area contributed by atoms with Crippen LogP contribution in [-0.2, 0) is 4.79 Å². The van der Waals surface area contributed by atoms with Gasteiger partial charge in [0.15, 0.2) is 4.34 Å². The third kappa shape index (κ3) is 4.21. The van der Waals surface area contributed by atoms with Crippen LogP contribution >= 0.6 is 23.1 Å². The molecular weight excluding hydrogens is 316 g/mol. The van der Waals surface area contributed by atoms with E-state index in [2.05, 4.69) is 16.4 Å². The predicted octanol–water partition coefficient (Wildman–Crippen LogP) is 3.20. The summed E-state index contributed by atoms with van der Waals surface area (Å²) in [5, 5.41) is 12.5. The molecule has 1 aromatic carbocycles. The fraction of sp³-hybridized carbons (Fsp3) is 0.500. The quantitative estimate of drug-likeness (QED) is 0.823. The molecule has 0 radical (unpaired) electrons. The van der Waals surface area contributed by atoms with Crippen LogP contribution in [0.1, 0.15) is 32.1 Å². The highest BCUT2D eigenvalue weighted by atomic mass is 32.2. The molecule has 2 N–H and O–H groups in total. The van der Waals surface area contributed by atoms with Gasteiger partial charge >= 0.3 is 0 Å². The number of hydrogen-bond donors (Lipinski definition) is 2. The second kappa shape index (κ2) is 7.44. The lowest BCUT2D eigenvalue weighted by Gasteiger charge is -2.26. The number of nitrogens with one attached hydrogen (secondary N) is 1. The van der Waals surface area contributed by atoms with Crippen molar-refractivity contribution in [3.05, 3.63) is 24.3 Å². The minimum absolute atomic E-state index is 0.106. The third-order valence-corrected chi connectivity index (χ3v) is 6.07. The van der Waals surface area contributed by atoms with Crippen LogP contribution < -0.4 is 5.32 Å². The summed E-state index contributed by atoms with van der Waals surface area (Å²) < 4.78 is 2.21. The molecule has 0 atom stereocenters. The lowest BCUT2D eigenvalue weighted by molar-refractivity contribution is -0.121. The predicted molar refractivity (Wildman–Crippen MR) is 91.4 cm³/mol. The minimum Gasteiger partial charge on any atom is -0.393 e. The summed E-state index contributed by atoms with van der Waals surface area (Å²) in [6.45, 7) is 0. The molecule has 1 heterocycles. The van der Waals surface area contributed by atoms with Crippen LogP contribution in [0.15, 0.2) is 28.6 Å². The molecule has 1 aliphatic rings. The standard InChI is InChI=1S/C16H20N2O2S2/c19-12-7-5-11(6-8-12)17-15(20)9-10-21-16-18-13-3-1-2-4-14(13)22-16/h1-4,11-12,19H,5-10H2,(H,17,20).